The summed E-state index contributed by atoms with van der Waals surface area (Å²) in [6, 6.07) is 8.54. The predicted octanol–water partition coefficient (Wildman–Crippen LogP) is 3.96. The summed E-state index contributed by atoms with van der Waals surface area (Å²) < 4.78 is 2.46. The number of hydrogen-bond donors (Lipinski definition) is 0. The van der Waals surface area contributed by atoms with Gasteiger partial charge in [-0.25, -0.2) is 4.98 Å². The fraction of sp³-hybridized carbons (Fsp3) is 0.533. The molecule has 1 aromatic heterocycles. The Kier molecular flexibility index (Phi) is 2.65. The Morgan fingerprint density at radius 2 is 2.12 bits per heavy atom. The van der Waals surface area contributed by atoms with Gasteiger partial charge >= 0.3 is 0 Å². The van der Waals surface area contributed by atoms with Gasteiger partial charge in [-0.2, -0.15) is 0 Å². The van der Waals surface area contributed by atoms with Crippen molar-refractivity contribution in [1.29, 1.82) is 0 Å². The first kappa shape index (κ1) is 10.8. The van der Waals surface area contributed by atoms with Crippen molar-refractivity contribution in [3.63, 3.8) is 0 Å². The lowest BCUT2D eigenvalue weighted by molar-refractivity contribution is 0.465. The van der Waals surface area contributed by atoms with Gasteiger partial charge in [0.05, 0.1) is 11.0 Å². The fourth-order valence-corrected chi connectivity index (χ4v) is 2.38. The highest BCUT2D eigenvalue weighted by Crippen LogP contribution is 2.40. The topological polar surface area (TPSA) is 17.8 Å². The second-order valence-electron chi connectivity index (χ2n) is 5.36. The van der Waals surface area contributed by atoms with E-state index in [1.165, 1.54) is 30.6 Å². The molecule has 90 valence electrons. The molecule has 1 heterocycles. The molecule has 17 heavy (non-hydrogen) atoms. The SMILES string of the molecule is CCC(C)Cn1c(C2CC2)nc2ccccc21. The van der Waals surface area contributed by atoms with Gasteiger partial charge < -0.3 is 4.57 Å². The molecule has 1 aliphatic rings. The van der Waals surface area contributed by atoms with Gasteiger partial charge in [0.1, 0.15) is 5.82 Å². The van der Waals surface area contributed by atoms with E-state index >= 15 is 0 Å². The van der Waals surface area contributed by atoms with Gasteiger partial charge in [0, 0.05) is 12.5 Å². The number of nitrogens with zero attached hydrogens (tertiary/aromatic N) is 2. The third-order valence-electron chi connectivity index (χ3n) is 3.82. The molecule has 2 nitrogen and oxygen atoms in total. The van der Waals surface area contributed by atoms with Crippen molar-refractivity contribution in [2.45, 2.75) is 45.6 Å². The van der Waals surface area contributed by atoms with Crippen molar-refractivity contribution in [2.24, 2.45) is 5.92 Å². The molecule has 0 bridgehead atoms. The van der Waals surface area contributed by atoms with Crippen LogP contribution in [0.15, 0.2) is 24.3 Å². The lowest BCUT2D eigenvalue weighted by Gasteiger charge is -2.13. The fourth-order valence-electron chi connectivity index (χ4n) is 2.38. The Balaban J connectivity index is 2.07. The van der Waals surface area contributed by atoms with Crippen LogP contribution in [0.2, 0.25) is 0 Å². The molecule has 0 spiro atoms. The molecular formula is C15H20N2. The first-order chi connectivity index (χ1) is 8.29. The van der Waals surface area contributed by atoms with Gasteiger partial charge in [0.15, 0.2) is 0 Å². The summed E-state index contributed by atoms with van der Waals surface area (Å²) in [4.78, 5) is 4.82. The normalized spacial score (nSPS) is 17.5. The molecule has 1 aliphatic carbocycles. The van der Waals surface area contributed by atoms with E-state index in [1.54, 1.807) is 0 Å². The highest BCUT2D eigenvalue weighted by atomic mass is 15.1. The molecule has 1 atom stereocenters. The lowest BCUT2D eigenvalue weighted by Crippen LogP contribution is -2.09. The van der Waals surface area contributed by atoms with Crippen molar-refractivity contribution in [2.75, 3.05) is 0 Å². The van der Waals surface area contributed by atoms with E-state index in [0.717, 1.165) is 23.9 Å². The van der Waals surface area contributed by atoms with Crippen molar-refractivity contribution >= 4 is 11.0 Å². The zero-order valence-corrected chi connectivity index (χ0v) is 10.7. The summed E-state index contributed by atoms with van der Waals surface area (Å²) in [7, 11) is 0. The van der Waals surface area contributed by atoms with E-state index in [1.807, 2.05) is 0 Å². The van der Waals surface area contributed by atoms with Crippen LogP contribution in [0.3, 0.4) is 0 Å². The van der Waals surface area contributed by atoms with E-state index in [0.29, 0.717) is 0 Å². The van der Waals surface area contributed by atoms with Crippen LogP contribution >= 0.6 is 0 Å². The average molecular weight is 228 g/mol. The highest BCUT2D eigenvalue weighted by molar-refractivity contribution is 5.76. The van der Waals surface area contributed by atoms with Crippen molar-refractivity contribution in [3.8, 4) is 0 Å². The molecule has 0 amide bonds. The van der Waals surface area contributed by atoms with E-state index < -0.39 is 0 Å². The Morgan fingerprint density at radius 1 is 1.35 bits per heavy atom. The van der Waals surface area contributed by atoms with Crippen LogP contribution in [-0.2, 0) is 6.54 Å². The maximum absolute atomic E-state index is 4.82. The average Bonchev–Trinajstić information content (AvgIpc) is 3.13. The number of para-hydroxylation sites is 2. The Bertz CT molecular complexity index is 523. The minimum Gasteiger partial charge on any atom is -0.327 e. The molecule has 1 fully saturated rings. The largest absolute Gasteiger partial charge is 0.327 e. The summed E-state index contributed by atoms with van der Waals surface area (Å²) in [6.07, 6.45) is 3.88. The van der Waals surface area contributed by atoms with Crippen LogP contribution in [0.25, 0.3) is 11.0 Å². The van der Waals surface area contributed by atoms with Crippen LogP contribution in [0.1, 0.15) is 44.9 Å². The van der Waals surface area contributed by atoms with Crippen LogP contribution in [-0.4, -0.2) is 9.55 Å². The highest BCUT2D eigenvalue weighted by Gasteiger charge is 2.29. The number of imidazole rings is 1. The lowest BCUT2D eigenvalue weighted by atomic mass is 10.1. The van der Waals surface area contributed by atoms with Gasteiger partial charge in [-0.3, -0.25) is 0 Å². The van der Waals surface area contributed by atoms with Crippen LogP contribution < -0.4 is 0 Å². The quantitative estimate of drug-likeness (QED) is 0.774. The molecule has 0 radical (unpaired) electrons. The zero-order chi connectivity index (χ0) is 11.8. The number of benzene rings is 1. The van der Waals surface area contributed by atoms with E-state index in [4.69, 9.17) is 4.98 Å². The third kappa shape index (κ3) is 1.97. The van der Waals surface area contributed by atoms with Crippen molar-refractivity contribution < 1.29 is 0 Å². The van der Waals surface area contributed by atoms with Gasteiger partial charge in [0.25, 0.3) is 0 Å². The van der Waals surface area contributed by atoms with Gasteiger partial charge in [-0.05, 0) is 30.9 Å². The van der Waals surface area contributed by atoms with Crippen LogP contribution in [0.5, 0.6) is 0 Å². The van der Waals surface area contributed by atoms with Gasteiger partial charge in [0.2, 0.25) is 0 Å². The third-order valence-corrected chi connectivity index (χ3v) is 3.82. The van der Waals surface area contributed by atoms with Crippen LogP contribution in [0.4, 0.5) is 0 Å². The maximum Gasteiger partial charge on any atom is 0.112 e. The number of aromatic nitrogens is 2. The summed E-state index contributed by atoms with van der Waals surface area (Å²) >= 11 is 0. The molecular weight excluding hydrogens is 208 g/mol. The number of fused-ring (bicyclic) bond motifs is 1. The summed E-state index contributed by atoms with van der Waals surface area (Å²) in [5.41, 5.74) is 2.48. The molecule has 1 saturated carbocycles. The summed E-state index contributed by atoms with van der Waals surface area (Å²) in [5.74, 6) is 2.78. The summed E-state index contributed by atoms with van der Waals surface area (Å²) in [5, 5.41) is 0. The van der Waals surface area contributed by atoms with Crippen molar-refractivity contribution in [3.05, 3.63) is 30.1 Å². The minimum absolute atomic E-state index is 0.727. The van der Waals surface area contributed by atoms with E-state index in [2.05, 4.69) is 42.7 Å². The van der Waals surface area contributed by atoms with E-state index in [-0.39, 0.29) is 0 Å². The maximum atomic E-state index is 4.82. The first-order valence-electron chi connectivity index (χ1n) is 6.74. The number of hydrogen-bond acceptors (Lipinski definition) is 1. The molecule has 1 unspecified atom stereocenters. The number of rotatable bonds is 4. The molecule has 3 rings (SSSR count). The molecule has 0 aliphatic heterocycles. The molecule has 1 aromatic carbocycles. The first-order valence-corrected chi connectivity index (χ1v) is 6.74. The predicted molar refractivity (Wildman–Crippen MR) is 71.2 cm³/mol. The second kappa shape index (κ2) is 4.17. The van der Waals surface area contributed by atoms with Crippen LogP contribution in [0, 0.1) is 5.92 Å². The monoisotopic (exact) mass is 228 g/mol. The van der Waals surface area contributed by atoms with Gasteiger partial charge in [-0.1, -0.05) is 32.4 Å². The van der Waals surface area contributed by atoms with E-state index in [9.17, 15) is 0 Å². The molecule has 0 N–H and O–H groups in total. The summed E-state index contributed by atoms with van der Waals surface area (Å²) in [6.45, 7) is 5.70. The van der Waals surface area contributed by atoms with Crippen molar-refractivity contribution in [1.82, 2.24) is 9.55 Å². The Morgan fingerprint density at radius 3 is 2.82 bits per heavy atom. The zero-order valence-electron chi connectivity index (χ0n) is 10.7. The van der Waals surface area contributed by atoms with Gasteiger partial charge in [-0.15, -0.1) is 0 Å². The minimum atomic E-state index is 0.727. The second-order valence-corrected chi connectivity index (χ2v) is 5.36. The smallest absolute Gasteiger partial charge is 0.112 e. The molecule has 2 heteroatoms. The Labute approximate surface area is 103 Å². The standard InChI is InChI=1S/C15H20N2/c1-3-11(2)10-17-14-7-5-4-6-13(14)16-15(17)12-8-9-12/h4-7,11-12H,3,8-10H2,1-2H3. The molecule has 2 aromatic rings. The molecule has 0 saturated heterocycles. The Hall–Kier alpha value is -1.31.